The highest BCUT2D eigenvalue weighted by molar-refractivity contribution is 5.85. The molecule has 4 aromatic carbocycles. The summed E-state index contributed by atoms with van der Waals surface area (Å²) in [6, 6.07) is 30.7. The van der Waals surface area contributed by atoms with Gasteiger partial charge in [0.2, 0.25) is 5.91 Å². The number of amides is 1. The Morgan fingerprint density at radius 2 is 1.38 bits per heavy atom. The number of hydrogen-bond donors (Lipinski definition) is 1. The van der Waals surface area contributed by atoms with E-state index in [1.807, 2.05) is 0 Å². The molecule has 1 spiro atoms. The maximum Gasteiger partial charge on any atom is 0.416 e. The topological polar surface area (TPSA) is 50.8 Å². The summed E-state index contributed by atoms with van der Waals surface area (Å²) in [4.78, 5) is 15.6. The van der Waals surface area contributed by atoms with Gasteiger partial charge in [-0.15, -0.1) is 12.4 Å². The van der Waals surface area contributed by atoms with Crippen molar-refractivity contribution in [2.45, 2.75) is 87.8 Å². The smallest absolute Gasteiger partial charge is 0.416 e. The Balaban J connectivity index is 0.00000541. The van der Waals surface area contributed by atoms with Gasteiger partial charge in [0.05, 0.1) is 26.2 Å². The Labute approximate surface area is 318 Å². The molecule has 1 amide bonds. The number of nitrogens with zero attached hydrogens (tertiary/aromatic N) is 1. The summed E-state index contributed by atoms with van der Waals surface area (Å²) in [5.41, 5.74) is 5.04. The molecule has 0 aromatic heterocycles. The van der Waals surface area contributed by atoms with E-state index in [4.69, 9.17) is 9.47 Å². The summed E-state index contributed by atoms with van der Waals surface area (Å²) in [7, 11) is 3.41. The first-order valence-corrected chi connectivity index (χ1v) is 18.7. The molecule has 1 fully saturated rings. The van der Waals surface area contributed by atoms with Crippen LogP contribution in [0.1, 0.15) is 84.7 Å². The van der Waals surface area contributed by atoms with Gasteiger partial charge in [0.1, 0.15) is 0 Å². The van der Waals surface area contributed by atoms with Gasteiger partial charge in [-0.2, -0.15) is 13.2 Å². The van der Waals surface area contributed by atoms with E-state index in [0.29, 0.717) is 12.1 Å². The van der Waals surface area contributed by atoms with Crippen LogP contribution in [0.2, 0.25) is 0 Å². The molecule has 53 heavy (non-hydrogen) atoms. The largest absolute Gasteiger partial charge is 0.493 e. The summed E-state index contributed by atoms with van der Waals surface area (Å²) in [6.07, 6.45) is 6.14. The van der Waals surface area contributed by atoms with Crippen LogP contribution in [-0.2, 0) is 35.6 Å². The molecule has 5 nitrogen and oxygen atoms in total. The van der Waals surface area contributed by atoms with Gasteiger partial charge in [0.25, 0.3) is 0 Å². The lowest BCUT2D eigenvalue weighted by Gasteiger charge is -2.50. The van der Waals surface area contributed by atoms with Gasteiger partial charge in [0, 0.05) is 17.5 Å². The number of carbonyl (C=O) groups is 1. The fourth-order valence-electron chi connectivity index (χ4n) is 8.79. The molecule has 2 aliphatic rings. The Morgan fingerprint density at radius 3 is 1.98 bits per heavy atom. The fourth-order valence-corrected chi connectivity index (χ4v) is 8.79. The zero-order valence-corrected chi connectivity index (χ0v) is 31.7. The van der Waals surface area contributed by atoms with E-state index in [0.717, 1.165) is 81.7 Å². The number of hydrogen-bond acceptors (Lipinski definition) is 4. The molecular weight excluding hydrogens is 697 g/mol. The molecule has 4 aromatic rings. The molecule has 284 valence electrons. The summed E-state index contributed by atoms with van der Waals surface area (Å²) in [5.74, 6) is 1.41. The number of rotatable bonds is 14. The normalized spacial score (nSPS) is 17.5. The lowest BCUT2D eigenvalue weighted by atomic mass is 9.68. The molecule has 0 saturated carbocycles. The zero-order valence-electron chi connectivity index (χ0n) is 30.9. The summed E-state index contributed by atoms with van der Waals surface area (Å²) < 4.78 is 50.3. The van der Waals surface area contributed by atoms with Crippen molar-refractivity contribution in [2.75, 3.05) is 33.9 Å². The van der Waals surface area contributed by atoms with Gasteiger partial charge >= 0.3 is 6.18 Å². The molecule has 1 aliphatic carbocycles. The highest BCUT2D eigenvalue weighted by Gasteiger charge is 2.42. The zero-order chi connectivity index (χ0) is 36.6. The maximum absolute atomic E-state index is 13.0. The number of nitrogens with one attached hydrogen (secondary N) is 1. The molecule has 6 rings (SSSR count). The quantitative estimate of drug-likeness (QED) is 0.131. The van der Waals surface area contributed by atoms with Crippen molar-refractivity contribution in [3.63, 3.8) is 0 Å². The Bertz CT molecular complexity index is 1730. The van der Waals surface area contributed by atoms with Crippen LogP contribution in [0, 0.1) is 0 Å². The van der Waals surface area contributed by atoms with Gasteiger partial charge in [0.15, 0.2) is 11.5 Å². The van der Waals surface area contributed by atoms with Gasteiger partial charge in [-0.3, -0.25) is 9.69 Å². The molecule has 1 aliphatic heterocycles. The van der Waals surface area contributed by atoms with Gasteiger partial charge < -0.3 is 14.8 Å². The number of methoxy groups -OCH3 is 2. The fraction of sp³-hybridized carbons (Fsp3) is 0.432. The molecule has 0 radical (unpaired) electrons. The minimum atomic E-state index is -4.40. The SMILES string of the molecule is COc1cc2c(cc1OC)CC1(CCCCN1CCCC(CCCNC(=O)Cc1ccc(C(F)(F)F)cc1)(c1ccccc1)c1ccccc1)CC2.Cl. The number of ether oxygens (including phenoxy) is 2. The second-order valence-corrected chi connectivity index (χ2v) is 14.6. The predicted molar refractivity (Wildman–Crippen MR) is 207 cm³/mol. The highest BCUT2D eigenvalue weighted by atomic mass is 35.5. The van der Waals surface area contributed by atoms with Crippen LogP contribution in [0.25, 0.3) is 0 Å². The minimum Gasteiger partial charge on any atom is -0.493 e. The number of benzene rings is 4. The Hall–Kier alpha value is -4.01. The molecule has 9 heteroatoms. The lowest BCUT2D eigenvalue weighted by Crippen LogP contribution is -2.55. The van der Waals surface area contributed by atoms with Crippen molar-refractivity contribution in [3.8, 4) is 11.5 Å². The molecule has 1 unspecified atom stereocenters. The molecular formula is C44H52ClF3N2O3. The third-order valence-electron chi connectivity index (χ3n) is 11.5. The van der Waals surface area contributed by atoms with E-state index in [1.54, 1.807) is 14.2 Å². The number of aryl methyl sites for hydroxylation is 1. The van der Waals surface area contributed by atoms with Crippen molar-refractivity contribution in [1.29, 1.82) is 0 Å². The number of fused-ring (bicyclic) bond motifs is 1. The molecule has 1 atom stereocenters. The van der Waals surface area contributed by atoms with Crippen molar-refractivity contribution in [2.24, 2.45) is 0 Å². The van der Waals surface area contributed by atoms with Crippen LogP contribution in [-0.4, -0.2) is 50.2 Å². The van der Waals surface area contributed by atoms with E-state index in [-0.39, 0.29) is 35.7 Å². The second kappa shape index (κ2) is 17.9. The van der Waals surface area contributed by atoms with Gasteiger partial charge in [-0.25, -0.2) is 0 Å². The molecule has 0 bridgehead atoms. The van der Waals surface area contributed by atoms with Gasteiger partial charge in [-0.05, 0) is 123 Å². The summed E-state index contributed by atoms with van der Waals surface area (Å²) in [5, 5.41) is 3.04. The highest BCUT2D eigenvalue weighted by Crippen LogP contribution is 2.45. The summed E-state index contributed by atoms with van der Waals surface area (Å²) in [6.45, 7) is 2.62. The first-order chi connectivity index (χ1) is 25.2. The maximum atomic E-state index is 13.0. The molecule has 1 N–H and O–H groups in total. The first kappa shape index (κ1) is 40.2. The van der Waals surface area contributed by atoms with Crippen molar-refractivity contribution in [1.82, 2.24) is 10.2 Å². The third-order valence-corrected chi connectivity index (χ3v) is 11.5. The Kier molecular flexibility index (Phi) is 13.6. The Morgan fingerprint density at radius 1 is 0.774 bits per heavy atom. The van der Waals surface area contributed by atoms with Crippen molar-refractivity contribution < 1.29 is 27.4 Å². The standard InChI is InChI=1S/C44H51F3N2O3.ClH/c1-51-39-30-34-21-25-42(32-35(34)31-40(39)52-2)22-9-10-27-49(42)28-12-24-43(36-13-5-3-6-14-36,37-15-7-4-8-16-37)23-11-26-48-41(50)29-33-17-19-38(20-18-33)44(45,46)47;/h3-8,13-20,30-31H,9-12,21-29,32H2,1-2H3,(H,48,50);1H. The number of piperidine rings is 1. The third kappa shape index (κ3) is 9.39. The molecule has 1 saturated heterocycles. The van der Waals surface area contributed by atoms with E-state index in [1.165, 1.54) is 53.6 Å². The van der Waals surface area contributed by atoms with Crippen LogP contribution in [0.15, 0.2) is 97.1 Å². The van der Waals surface area contributed by atoms with E-state index < -0.39 is 11.7 Å². The predicted octanol–water partition coefficient (Wildman–Crippen LogP) is 9.76. The monoisotopic (exact) mass is 748 g/mol. The van der Waals surface area contributed by atoms with Crippen molar-refractivity contribution >= 4 is 18.3 Å². The van der Waals surface area contributed by atoms with Crippen LogP contribution < -0.4 is 14.8 Å². The number of carbonyl (C=O) groups excluding carboxylic acids is 1. The van der Waals surface area contributed by atoms with Crippen molar-refractivity contribution in [3.05, 3.63) is 130 Å². The second-order valence-electron chi connectivity index (χ2n) is 14.6. The first-order valence-electron chi connectivity index (χ1n) is 18.7. The molecule has 1 heterocycles. The van der Waals surface area contributed by atoms with E-state index >= 15 is 0 Å². The number of halogens is 4. The average molecular weight is 749 g/mol. The van der Waals surface area contributed by atoms with Crippen LogP contribution in [0.5, 0.6) is 11.5 Å². The minimum absolute atomic E-state index is 0. The average Bonchev–Trinajstić information content (AvgIpc) is 3.16. The van der Waals surface area contributed by atoms with E-state index in [2.05, 4.69) is 83.0 Å². The number of alkyl halides is 3. The van der Waals surface area contributed by atoms with E-state index in [9.17, 15) is 18.0 Å². The lowest BCUT2D eigenvalue weighted by molar-refractivity contribution is -0.137. The van der Waals surface area contributed by atoms with Crippen LogP contribution in [0.3, 0.4) is 0 Å². The van der Waals surface area contributed by atoms with Gasteiger partial charge in [-0.1, -0.05) is 79.2 Å². The van der Waals surface area contributed by atoms with Crippen LogP contribution in [0.4, 0.5) is 13.2 Å². The summed E-state index contributed by atoms with van der Waals surface area (Å²) >= 11 is 0. The van der Waals surface area contributed by atoms with Crippen LogP contribution >= 0.6 is 12.4 Å². The number of likely N-dealkylation sites (tertiary alicyclic amines) is 1.